The quantitative estimate of drug-likeness (QED) is 0.633. The summed E-state index contributed by atoms with van der Waals surface area (Å²) in [5, 5.41) is 4.92. The maximum atomic E-state index is 12.2. The Hall–Kier alpha value is -2.37. The number of carbonyl (C=O) groups excluding carboxylic acids is 3. The van der Waals surface area contributed by atoms with Crippen LogP contribution in [-0.2, 0) is 19.1 Å². The van der Waals surface area contributed by atoms with E-state index in [1.165, 1.54) is 6.92 Å². The van der Waals surface area contributed by atoms with E-state index in [1.807, 2.05) is 26.0 Å². The third-order valence-corrected chi connectivity index (χ3v) is 2.77. The smallest absolute Gasteiger partial charge is 0.338 e. The highest BCUT2D eigenvalue weighted by Gasteiger charge is 2.29. The Labute approximate surface area is 123 Å². The van der Waals surface area contributed by atoms with Crippen molar-refractivity contribution in [1.82, 2.24) is 5.32 Å². The lowest BCUT2D eigenvalue weighted by molar-refractivity contribution is -0.149. The molecule has 0 unspecified atom stereocenters. The summed E-state index contributed by atoms with van der Waals surface area (Å²) < 4.78 is 4.80. The Kier molecular flexibility index (Phi) is 5.90. The predicted molar refractivity (Wildman–Crippen MR) is 78.8 cm³/mol. The molecule has 1 aromatic rings. The number of amides is 2. The Bertz CT molecular complexity index is 555. The minimum absolute atomic E-state index is 0.131. The van der Waals surface area contributed by atoms with E-state index in [-0.39, 0.29) is 6.61 Å². The minimum Gasteiger partial charge on any atom is -0.464 e. The molecule has 0 saturated heterocycles. The molecule has 114 valence electrons. The predicted octanol–water partition coefficient (Wildman–Crippen LogP) is 1.31. The zero-order valence-electron chi connectivity index (χ0n) is 12.6. The van der Waals surface area contributed by atoms with Gasteiger partial charge in [-0.15, -0.1) is 0 Å². The lowest BCUT2D eigenvalue weighted by Gasteiger charge is -2.17. The Morgan fingerprint density at radius 2 is 1.90 bits per heavy atom. The molecule has 0 aromatic heterocycles. The fraction of sp³-hybridized carbons (Fsp3) is 0.400. The molecule has 0 heterocycles. The number of benzene rings is 1. The van der Waals surface area contributed by atoms with E-state index in [0.29, 0.717) is 5.69 Å². The van der Waals surface area contributed by atoms with Gasteiger partial charge < -0.3 is 15.4 Å². The summed E-state index contributed by atoms with van der Waals surface area (Å²) in [6.45, 7) is 6.78. The van der Waals surface area contributed by atoms with E-state index in [0.717, 1.165) is 11.1 Å². The van der Waals surface area contributed by atoms with Crippen molar-refractivity contribution in [3.63, 3.8) is 0 Å². The van der Waals surface area contributed by atoms with Crippen molar-refractivity contribution >= 4 is 23.5 Å². The van der Waals surface area contributed by atoms with Gasteiger partial charge in [0.2, 0.25) is 11.9 Å². The monoisotopic (exact) mass is 292 g/mol. The Balaban J connectivity index is 2.89. The molecule has 0 radical (unpaired) electrons. The molecule has 0 bridgehead atoms. The van der Waals surface area contributed by atoms with Gasteiger partial charge in [0.05, 0.1) is 6.61 Å². The molecule has 21 heavy (non-hydrogen) atoms. The van der Waals surface area contributed by atoms with Crippen molar-refractivity contribution in [2.75, 3.05) is 11.9 Å². The number of anilines is 1. The van der Waals surface area contributed by atoms with Gasteiger partial charge >= 0.3 is 5.97 Å². The highest BCUT2D eigenvalue weighted by Crippen LogP contribution is 2.16. The van der Waals surface area contributed by atoms with Gasteiger partial charge in [-0.25, -0.2) is 4.79 Å². The fourth-order valence-corrected chi connectivity index (χ4v) is 1.82. The number of hydrogen-bond donors (Lipinski definition) is 2. The lowest BCUT2D eigenvalue weighted by atomic mass is 10.1. The third-order valence-electron chi connectivity index (χ3n) is 2.77. The number of ether oxygens (including phenoxy) is 1. The lowest BCUT2D eigenvalue weighted by Crippen LogP contribution is -2.49. The van der Waals surface area contributed by atoms with Crippen LogP contribution in [0.2, 0.25) is 0 Å². The highest BCUT2D eigenvalue weighted by molar-refractivity contribution is 6.10. The maximum Gasteiger partial charge on any atom is 0.338 e. The van der Waals surface area contributed by atoms with Crippen LogP contribution in [0.25, 0.3) is 0 Å². The normalized spacial score (nSPS) is 11.4. The number of aryl methyl sites for hydroxylation is 2. The van der Waals surface area contributed by atoms with Crippen LogP contribution in [0.4, 0.5) is 5.69 Å². The van der Waals surface area contributed by atoms with Crippen molar-refractivity contribution in [3.8, 4) is 0 Å². The van der Waals surface area contributed by atoms with Gasteiger partial charge in [-0.1, -0.05) is 17.7 Å². The van der Waals surface area contributed by atoms with Gasteiger partial charge in [0.25, 0.3) is 5.91 Å². The first-order valence-electron chi connectivity index (χ1n) is 6.67. The molecule has 6 heteroatoms. The molecule has 2 amide bonds. The molecule has 0 saturated carbocycles. The van der Waals surface area contributed by atoms with E-state index >= 15 is 0 Å². The van der Waals surface area contributed by atoms with Crippen molar-refractivity contribution in [1.29, 1.82) is 0 Å². The van der Waals surface area contributed by atoms with Gasteiger partial charge in [0.1, 0.15) is 0 Å². The molecule has 1 atom stereocenters. The summed E-state index contributed by atoms with van der Waals surface area (Å²) in [6, 6.07) is 4.15. The second-order valence-electron chi connectivity index (χ2n) is 4.69. The van der Waals surface area contributed by atoms with Gasteiger partial charge in [-0.05, 0) is 32.4 Å². The van der Waals surface area contributed by atoms with Crippen LogP contribution in [0.3, 0.4) is 0 Å². The maximum absolute atomic E-state index is 12.2. The Morgan fingerprint density at radius 3 is 2.43 bits per heavy atom. The summed E-state index contributed by atoms with van der Waals surface area (Å²) >= 11 is 0. The molecule has 1 rings (SSSR count). The summed E-state index contributed by atoms with van der Waals surface area (Å²) in [6.07, 6.45) is 0. The minimum atomic E-state index is -1.36. The van der Waals surface area contributed by atoms with Crippen LogP contribution in [0.5, 0.6) is 0 Å². The molecule has 0 aliphatic rings. The van der Waals surface area contributed by atoms with Crippen LogP contribution in [-0.4, -0.2) is 30.4 Å². The first kappa shape index (κ1) is 16.7. The molecule has 0 spiro atoms. The first-order chi connectivity index (χ1) is 9.85. The summed E-state index contributed by atoms with van der Waals surface area (Å²) in [5.41, 5.74) is 2.52. The topological polar surface area (TPSA) is 84.5 Å². The highest BCUT2D eigenvalue weighted by atomic mass is 16.5. The number of carbonyl (C=O) groups is 3. The van der Waals surface area contributed by atoms with Crippen LogP contribution in [0.15, 0.2) is 18.2 Å². The second kappa shape index (κ2) is 7.42. The van der Waals surface area contributed by atoms with E-state index in [4.69, 9.17) is 4.74 Å². The molecule has 6 nitrogen and oxygen atoms in total. The van der Waals surface area contributed by atoms with Crippen LogP contribution >= 0.6 is 0 Å². The second-order valence-corrected chi connectivity index (χ2v) is 4.69. The number of nitrogens with one attached hydrogen (secondary N) is 2. The molecule has 1 aromatic carbocycles. The summed E-state index contributed by atoms with van der Waals surface area (Å²) in [4.78, 5) is 35.1. The Morgan fingerprint density at radius 1 is 1.24 bits per heavy atom. The molecule has 0 aliphatic carbocycles. The zero-order valence-corrected chi connectivity index (χ0v) is 12.6. The van der Waals surface area contributed by atoms with E-state index in [9.17, 15) is 14.4 Å². The van der Waals surface area contributed by atoms with Crippen LogP contribution in [0.1, 0.15) is 25.0 Å². The third kappa shape index (κ3) is 4.91. The molecular formula is C15H20N2O4. The van der Waals surface area contributed by atoms with E-state index < -0.39 is 23.8 Å². The average Bonchev–Trinajstić information content (AvgIpc) is 2.39. The first-order valence-corrected chi connectivity index (χ1v) is 6.67. The van der Waals surface area contributed by atoms with Gasteiger partial charge in [-0.2, -0.15) is 0 Å². The van der Waals surface area contributed by atoms with Crippen LogP contribution < -0.4 is 10.6 Å². The van der Waals surface area contributed by atoms with Crippen molar-refractivity contribution < 1.29 is 19.1 Å². The average molecular weight is 292 g/mol. The molecular weight excluding hydrogens is 272 g/mol. The molecule has 0 aliphatic heterocycles. The number of esters is 1. The van der Waals surface area contributed by atoms with Crippen molar-refractivity contribution in [2.24, 2.45) is 0 Å². The van der Waals surface area contributed by atoms with Crippen LogP contribution in [0, 0.1) is 13.8 Å². The van der Waals surface area contributed by atoms with Crippen molar-refractivity contribution in [2.45, 2.75) is 33.7 Å². The standard InChI is InChI=1S/C15H20N2O4/c1-5-21-15(20)13(16-11(4)18)14(19)17-12-7-6-9(2)8-10(12)3/h6-8,13H,5H2,1-4H3,(H,16,18)(H,17,19)/t13-/m1/s1. The van der Waals surface area contributed by atoms with Gasteiger partial charge in [0, 0.05) is 12.6 Å². The molecule has 2 N–H and O–H groups in total. The SMILES string of the molecule is CCOC(=O)[C@H](NC(C)=O)C(=O)Nc1ccc(C)cc1C. The fourth-order valence-electron chi connectivity index (χ4n) is 1.82. The summed E-state index contributed by atoms with van der Waals surface area (Å²) in [7, 11) is 0. The number of hydrogen-bond acceptors (Lipinski definition) is 4. The summed E-state index contributed by atoms with van der Waals surface area (Å²) in [5.74, 6) is -1.89. The molecule has 0 fully saturated rings. The van der Waals surface area contributed by atoms with Crippen molar-refractivity contribution in [3.05, 3.63) is 29.3 Å². The van der Waals surface area contributed by atoms with E-state index in [1.54, 1.807) is 13.0 Å². The van der Waals surface area contributed by atoms with E-state index in [2.05, 4.69) is 10.6 Å². The number of rotatable bonds is 5. The van der Waals surface area contributed by atoms with Gasteiger partial charge in [0.15, 0.2) is 0 Å². The zero-order chi connectivity index (χ0) is 16.0. The largest absolute Gasteiger partial charge is 0.464 e. The van der Waals surface area contributed by atoms with Gasteiger partial charge in [-0.3, -0.25) is 9.59 Å².